The fraction of sp³-hybridized carbons (Fsp3) is 0.333. The molecule has 1 heterocycles. The number of hydrogen-bond donors (Lipinski definition) is 0. The first-order valence-electron chi connectivity index (χ1n) is 6.39. The fourth-order valence-corrected chi connectivity index (χ4v) is 1.90. The van der Waals surface area contributed by atoms with E-state index >= 15 is 0 Å². The van der Waals surface area contributed by atoms with E-state index in [9.17, 15) is 14.9 Å². The summed E-state index contributed by atoms with van der Waals surface area (Å²) in [5, 5.41) is 21.8. The maximum absolute atomic E-state index is 12.0. The van der Waals surface area contributed by atoms with Crippen LogP contribution in [0.5, 0.6) is 0 Å². The van der Waals surface area contributed by atoms with Gasteiger partial charge in [0.15, 0.2) is 12.4 Å². The first-order valence-corrected chi connectivity index (χ1v) is 6.76. The minimum atomic E-state index is -0.778. The first kappa shape index (κ1) is 15.8. The molecule has 10 heteroatoms. The molecule has 2 aromatic rings. The van der Waals surface area contributed by atoms with Crippen molar-refractivity contribution in [2.24, 2.45) is 0 Å². The number of carbonyl (C=O) groups is 1. The number of benzene rings is 1. The molecule has 9 nitrogen and oxygen atoms in total. The van der Waals surface area contributed by atoms with Crippen LogP contribution in [-0.2, 0) is 17.9 Å². The summed E-state index contributed by atoms with van der Waals surface area (Å²) in [7, 11) is 0. The lowest BCUT2D eigenvalue weighted by Gasteiger charge is -2.06. The standard InChI is InChI=1S/C12H12ClN5O4/c1-2-5-17-11(14-15-16-17)7-22-12(19)9-6-8(18(20)21)3-4-10(9)13/h3-4,6H,2,5,7H2,1H3. The SMILES string of the molecule is CCCn1nnnc1COC(=O)c1cc([N+](=O)[O-])ccc1Cl. The number of non-ortho nitro benzene ring substituents is 1. The highest BCUT2D eigenvalue weighted by atomic mass is 35.5. The predicted octanol–water partition coefficient (Wildman–Crippen LogP) is 2.00. The molecule has 2 rings (SSSR count). The van der Waals surface area contributed by atoms with Crippen LogP contribution in [0.4, 0.5) is 5.69 Å². The number of nitro benzene ring substituents is 1. The van der Waals surface area contributed by atoms with Crippen LogP contribution in [0, 0.1) is 10.1 Å². The summed E-state index contributed by atoms with van der Waals surface area (Å²) in [5.41, 5.74) is -0.322. The molecule has 0 unspecified atom stereocenters. The fourth-order valence-electron chi connectivity index (χ4n) is 1.70. The van der Waals surface area contributed by atoms with E-state index in [2.05, 4.69) is 15.5 Å². The predicted molar refractivity (Wildman–Crippen MR) is 75.3 cm³/mol. The van der Waals surface area contributed by atoms with Crippen molar-refractivity contribution in [3.63, 3.8) is 0 Å². The van der Waals surface area contributed by atoms with E-state index < -0.39 is 10.9 Å². The van der Waals surface area contributed by atoms with Crippen molar-refractivity contribution in [2.45, 2.75) is 26.5 Å². The topological polar surface area (TPSA) is 113 Å². The number of nitrogens with zero attached hydrogens (tertiary/aromatic N) is 5. The second-order valence-electron chi connectivity index (χ2n) is 4.32. The van der Waals surface area contributed by atoms with Crippen LogP contribution in [0.3, 0.4) is 0 Å². The smallest absolute Gasteiger partial charge is 0.340 e. The van der Waals surface area contributed by atoms with Crippen LogP contribution >= 0.6 is 11.6 Å². The van der Waals surface area contributed by atoms with Gasteiger partial charge >= 0.3 is 5.97 Å². The quantitative estimate of drug-likeness (QED) is 0.453. The summed E-state index contributed by atoms with van der Waals surface area (Å²) < 4.78 is 6.58. The molecule has 0 N–H and O–H groups in total. The molecule has 0 spiro atoms. The Labute approximate surface area is 130 Å². The van der Waals surface area contributed by atoms with Gasteiger partial charge in [0.25, 0.3) is 5.69 Å². The molecule has 116 valence electrons. The maximum atomic E-state index is 12.0. The minimum Gasteiger partial charge on any atom is -0.454 e. The number of tetrazole rings is 1. The van der Waals surface area contributed by atoms with E-state index in [-0.39, 0.29) is 22.9 Å². The Hall–Kier alpha value is -2.55. The average Bonchev–Trinajstić information content (AvgIpc) is 2.92. The van der Waals surface area contributed by atoms with Gasteiger partial charge in [0, 0.05) is 18.7 Å². The van der Waals surface area contributed by atoms with Gasteiger partial charge in [-0.25, -0.2) is 9.48 Å². The molecule has 0 saturated heterocycles. The molecular formula is C12H12ClN5O4. The Balaban J connectivity index is 2.10. The van der Waals surface area contributed by atoms with Crippen molar-refractivity contribution in [2.75, 3.05) is 0 Å². The molecular weight excluding hydrogens is 314 g/mol. The summed E-state index contributed by atoms with van der Waals surface area (Å²) >= 11 is 5.87. The normalized spacial score (nSPS) is 10.5. The third-order valence-electron chi connectivity index (χ3n) is 2.75. The molecule has 0 bridgehead atoms. The Bertz CT molecular complexity index is 703. The lowest BCUT2D eigenvalue weighted by atomic mass is 10.2. The number of ether oxygens (including phenoxy) is 1. The van der Waals surface area contributed by atoms with Gasteiger partial charge in [-0.1, -0.05) is 18.5 Å². The second kappa shape index (κ2) is 6.94. The zero-order chi connectivity index (χ0) is 16.1. The van der Waals surface area contributed by atoms with Gasteiger partial charge in [-0.15, -0.1) is 5.10 Å². The number of aromatic nitrogens is 4. The summed E-state index contributed by atoms with van der Waals surface area (Å²) in [6.07, 6.45) is 0.822. The number of esters is 1. The minimum absolute atomic E-state index is 0.0729. The summed E-state index contributed by atoms with van der Waals surface area (Å²) in [6, 6.07) is 3.55. The highest BCUT2D eigenvalue weighted by molar-refractivity contribution is 6.33. The Morgan fingerprint density at radius 3 is 2.95 bits per heavy atom. The van der Waals surface area contributed by atoms with E-state index in [1.807, 2.05) is 6.92 Å². The van der Waals surface area contributed by atoms with Gasteiger partial charge in [-0.2, -0.15) is 0 Å². The van der Waals surface area contributed by atoms with Crippen molar-refractivity contribution in [1.29, 1.82) is 0 Å². The second-order valence-corrected chi connectivity index (χ2v) is 4.72. The van der Waals surface area contributed by atoms with Crippen molar-refractivity contribution in [1.82, 2.24) is 20.2 Å². The molecule has 0 fully saturated rings. The lowest BCUT2D eigenvalue weighted by Crippen LogP contribution is -2.11. The molecule has 0 radical (unpaired) electrons. The van der Waals surface area contributed by atoms with E-state index in [1.54, 1.807) is 0 Å². The lowest BCUT2D eigenvalue weighted by molar-refractivity contribution is -0.384. The maximum Gasteiger partial charge on any atom is 0.340 e. The molecule has 0 saturated carbocycles. The molecule has 0 amide bonds. The Morgan fingerprint density at radius 2 is 2.27 bits per heavy atom. The Kier molecular flexibility index (Phi) is 4.99. The molecule has 1 aromatic heterocycles. The van der Waals surface area contributed by atoms with Gasteiger partial charge < -0.3 is 4.74 Å². The van der Waals surface area contributed by atoms with Gasteiger partial charge in [-0.05, 0) is 22.9 Å². The number of halogens is 1. The average molecular weight is 326 g/mol. The Morgan fingerprint density at radius 1 is 1.50 bits per heavy atom. The van der Waals surface area contributed by atoms with Crippen LogP contribution in [0.2, 0.25) is 5.02 Å². The molecule has 0 aliphatic heterocycles. The zero-order valence-electron chi connectivity index (χ0n) is 11.6. The van der Waals surface area contributed by atoms with E-state index in [0.29, 0.717) is 12.4 Å². The van der Waals surface area contributed by atoms with Crippen LogP contribution in [0.25, 0.3) is 0 Å². The van der Waals surface area contributed by atoms with E-state index in [0.717, 1.165) is 12.5 Å². The molecule has 1 aromatic carbocycles. The molecule has 22 heavy (non-hydrogen) atoms. The monoisotopic (exact) mass is 325 g/mol. The number of aryl methyl sites for hydroxylation is 1. The highest BCUT2D eigenvalue weighted by Crippen LogP contribution is 2.23. The van der Waals surface area contributed by atoms with Gasteiger partial charge in [0.2, 0.25) is 0 Å². The summed E-state index contributed by atoms with van der Waals surface area (Å²) in [4.78, 5) is 22.1. The molecule has 0 aliphatic rings. The molecule has 0 atom stereocenters. The van der Waals surface area contributed by atoms with Crippen molar-refractivity contribution >= 4 is 23.3 Å². The highest BCUT2D eigenvalue weighted by Gasteiger charge is 2.18. The van der Waals surface area contributed by atoms with Crippen LogP contribution < -0.4 is 0 Å². The third kappa shape index (κ3) is 3.55. The van der Waals surface area contributed by atoms with Crippen LogP contribution in [-0.4, -0.2) is 31.1 Å². The van der Waals surface area contributed by atoms with Crippen LogP contribution in [0.1, 0.15) is 29.5 Å². The summed E-state index contributed by atoms with van der Waals surface area (Å²) in [5.74, 6) is -0.392. The van der Waals surface area contributed by atoms with Gasteiger partial charge in [0.05, 0.1) is 15.5 Å². The van der Waals surface area contributed by atoms with Crippen LogP contribution in [0.15, 0.2) is 18.2 Å². The number of nitro groups is 1. The zero-order valence-corrected chi connectivity index (χ0v) is 12.4. The number of hydrogen-bond acceptors (Lipinski definition) is 7. The third-order valence-corrected chi connectivity index (χ3v) is 3.08. The number of rotatable bonds is 6. The van der Waals surface area contributed by atoms with Crippen molar-refractivity contribution < 1.29 is 14.5 Å². The summed E-state index contributed by atoms with van der Waals surface area (Å²) in [6.45, 7) is 2.41. The van der Waals surface area contributed by atoms with Gasteiger partial charge in [0.1, 0.15) is 0 Å². The first-order chi connectivity index (χ1) is 10.5. The number of carbonyl (C=O) groups excluding carboxylic acids is 1. The van der Waals surface area contributed by atoms with Crippen molar-refractivity contribution in [3.8, 4) is 0 Å². The van der Waals surface area contributed by atoms with Crippen molar-refractivity contribution in [3.05, 3.63) is 44.7 Å². The van der Waals surface area contributed by atoms with Gasteiger partial charge in [-0.3, -0.25) is 10.1 Å². The molecule has 0 aliphatic carbocycles. The largest absolute Gasteiger partial charge is 0.454 e. The van der Waals surface area contributed by atoms with E-state index in [4.69, 9.17) is 16.3 Å². The van der Waals surface area contributed by atoms with E-state index in [1.165, 1.54) is 16.8 Å².